The molecule has 0 unspecified atom stereocenters. The number of alkyl halides is 3. The quantitative estimate of drug-likeness (QED) is 0.389. The van der Waals surface area contributed by atoms with Gasteiger partial charge < -0.3 is 9.74 Å². The molecule has 0 amide bonds. The molecule has 186 valence electrons. The first-order valence-electron chi connectivity index (χ1n) is 11.2. The summed E-state index contributed by atoms with van der Waals surface area (Å²) in [6, 6.07) is 13.6. The standard InChI is InChI=1S/C25H20F4N4O3/c26-20-14-19-21(30-22(20)31-12-4-5-13-31)32(18-10-8-17(9-11-18)25(27,28)29)24(35)33(23(19)34)36-15-16-6-2-1-3-7-16/h1-3,6-11,14H,4-5,12-13,15H2. The number of benzene rings is 2. The first-order chi connectivity index (χ1) is 17.2. The van der Waals surface area contributed by atoms with E-state index >= 15 is 4.39 Å². The van der Waals surface area contributed by atoms with Crippen LogP contribution in [-0.4, -0.2) is 27.4 Å². The van der Waals surface area contributed by atoms with Crippen LogP contribution in [0, 0.1) is 5.82 Å². The third-order valence-corrected chi connectivity index (χ3v) is 5.99. The molecule has 0 N–H and O–H groups in total. The summed E-state index contributed by atoms with van der Waals surface area (Å²) in [7, 11) is 0. The highest BCUT2D eigenvalue weighted by molar-refractivity contribution is 5.78. The Bertz CT molecular complexity index is 1520. The summed E-state index contributed by atoms with van der Waals surface area (Å²) < 4.78 is 55.8. The molecule has 2 aromatic heterocycles. The van der Waals surface area contributed by atoms with E-state index in [0.29, 0.717) is 23.4 Å². The first-order valence-corrected chi connectivity index (χ1v) is 11.2. The van der Waals surface area contributed by atoms with Crippen LogP contribution < -0.4 is 21.0 Å². The Morgan fingerprint density at radius 2 is 1.61 bits per heavy atom. The maximum absolute atomic E-state index is 15.0. The summed E-state index contributed by atoms with van der Waals surface area (Å²) in [4.78, 5) is 38.1. The second-order valence-electron chi connectivity index (χ2n) is 8.38. The predicted molar refractivity (Wildman–Crippen MR) is 125 cm³/mol. The van der Waals surface area contributed by atoms with Crippen molar-refractivity contribution in [2.75, 3.05) is 18.0 Å². The normalized spacial score (nSPS) is 13.9. The third-order valence-electron chi connectivity index (χ3n) is 5.99. The minimum atomic E-state index is -4.58. The molecular formula is C25H20F4N4O3. The zero-order valence-electron chi connectivity index (χ0n) is 18.8. The summed E-state index contributed by atoms with van der Waals surface area (Å²) in [6.07, 6.45) is -2.91. The zero-order chi connectivity index (χ0) is 25.4. The molecule has 2 aromatic carbocycles. The van der Waals surface area contributed by atoms with Gasteiger partial charge in [-0.3, -0.25) is 4.79 Å². The number of fused-ring (bicyclic) bond motifs is 1. The van der Waals surface area contributed by atoms with E-state index in [1.54, 1.807) is 35.2 Å². The van der Waals surface area contributed by atoms with Gasteiger partial charge in [-0.2, -0.15) is 13.2 Å². The number of aromatic nitrogens is 3. The van der Waals surface area contributed by atoms with E-state index in [-0.39, 0.29) is 29.1 Å². The van der Waals surface area contributed by atoms with Gasteiger partial charge in [-0.1, -0.05) is 35.1 Å². The number of halogens is 4. The molecule has 0 aliphatic carbocycles. The molecule has 1 aliphatic heterocycles. The van der Waals surface area contributed by atoms with Gasteiger partial charge in [-0.05, 0) is 48.7 Å². The number of rotatable bonds is 5. The molecule has 1 saturated heterocycles. The van der Waals surface area contributed by atoms with Gasteiger partial charge in [0.2, 0.25) is 0 Å². The largest absolute Gasteiger partial charge is 0.416 e. The zero-order valence-corrected chi connectivity index (χ0v) is 18.8. The SMILES string of the molecule is O=c1c2cc(F)c(N3CCCC3)nc2n(-c2ccc(C(F)(F)F)cc2)c(=O)n1OCc1ccccc1. The highest BCUT2D eigenvalue weighted by Gasteiger charge is 2.30. The Hall–Kier alpha value is -4.15. The van der Waals surface area contributed by atoms with Gasteiger partial charge in [0, 0.05) is 13.1 Å². The maximum Gasteiger partial charge on any atom is 0.416 e. The highest BCUT2D eigenvalue weighted by Crippen LogP contribution is 2.30. The van der Waals surface area contributed by atoms with Crippen LogP contribution in [0.4, 0.5) is 23.4 Å². The van der Waals surface area contributed by atoms with Crippen molar-refractivity contribution >= 4 is 16.9 Å². The fraction of sp³-hybridized carbons (Fsp3) is 0.240. The van der Waals surface area contributed by atoms with E-state index in [2.05, 4.69) is 4.98 Å². The summed E-state index contributed by atoms with van der Waals surface area (Å²) in [6.45, 7) is 0.963. The number of hydrogen-bond donors (Lipinski definition) is 0. The molecule has 3 heterocycles. The average molecular weight is 500 g/mol. The number of pyridine rings is 1. The van der Waals surface area contributed by atoms with E-state index in [4.69, 9.17) is 4.84 Å². The van der Waals surface area contributed by atoms with Crippen molar-refractivity contribution in [1.29, 1.82) is 0 Å². The lowest BCUT2D eigenvalue weighted by Gasteiger charge is -2.19. The van der Waals surface area contributed by atoms with Crippen molar-refractivity contribution in [3.8, 4) is 5.69 Å². The minimum absolute atomic E-state index is 0.0153. The van der Waals surface area contributed by atoms with Crippen molar-refractivity contribution in [1.82, 2.24) is 14.3 Å². The molecule has 11 heteroatoms. The van der Waals surface area contributed by atoms with E-state index in [1.165, 1.54) is 0 Å². The van der Waals surface area contributed by atoms with Crippen LogP contribution in [0.15, 0.2) is 70.3 Å². The van der Waals surface area contributed by atoms with Crippen LogP contribution in [0.3, 0.4) is 0 Å². The molecule has 1 fully saturated rings. The molecule has 5 rings (SSSR count). The Balaban J connectivity index is 1.72. The molecule has 0 radical (unpaired) electrons. The third kappa shape index (κ3) is 4.32. The van der Waals surface area contributed by atoms with Gasteiger partial charge in [-0.25, -0.2) is 18.7 Å². The number of anilines is 1. The Morgan fingerprint density at radius 3 is 2.25 bits per heavy atom. The number of nitrogens with zero attached hydrogens (tertiary/aromatic N) is 4. The van der Waals surface area contributed by atoms with Crippen molar-refractivity contribution in [3.63, 3.8) is 0 Å². The molecule has 0 saturated carbocycles. The monoisotopic (exact) mass is 500 g/mol. The van der Waals surface area contributed by atoms with Gasteiger partial charge in [-0.15, -0.1) is 0 Å². The summed E-state index contributed by atoms with van der Waals surface area (Å²) >= 11 is 0. The van der Waals surface area contributed by atoms with Gasteiger partial charge in [0.1, 0.15) is 6.61 Å². The van der Waals surface area contributed by atoms with Crippen molar-refractivity contribution in [2.45, 2.75) is 25.6 Å². The smallest absolute Gasteiger partial charge is 0.401 e. The molecule has 0 atom stereocenters. The van der Waals surface area contributed by atoms with Crippen LogP contribution in [0.5, 0.6) is 0 Å². The lowest BCUT2D eigenvalue weighted by atomic mass is 10.2. The number of hydrogen-bond acceptors (Lipinski definition) is 5. The molecule has 36 heavy (non-hydrogen) atoms. The van der Waals surface area contributed by atoms with Crippen LogP contribution in [0.1, 0.15) is 24.0 Å². The first kappa shape index (κ1) is 23.6. The van der Waals surface area contributed by atoms with E-state index < -0.39 is 28.8 Å². The van der Waals surface area contributed by atoms with E-state index in [0.717, 1.165) is 47.7 Å². The second kappa shape index (κ2) is 9.14. The van der Waals surface area contributed by atoms with Crippen LogP contribution in [0.2, 0.25) is 0 Å². The Kier molecular flexibility index (Phi) is 5.99. The van der Waals surface area contributed by atoms with Gasteiger partial charge in [0.15, 0.2) is 17.3 Å². The molecular weight excluding hydrogens is 480 g/mol. The summed E-state index contributed by atoms with van der Waals surface area (Å²) in [5.74, 6) is -0.767. The molecule has 1 aliphatic rings. The van der Waals surface area contributed by atoms with Crippen molar-refractivity contribution < 1.29 is 22.4 Å². The van der Waals surface area contributed by atoms with Gasteiger partial charge in [0.25, 0.3) is 5.56 Å². The maximum atomic E-state index is 15.0. The average Bonchev–Trinajstić information content (AvgIpc) is 3.39. The summed E-state index contributed by atoms with van der Waals surface area (Å²) in [5.41, 5.74) is -2.30. The van der Waals surface area contributed by atoms with Crippen molar-refractivity contribution in [2.24, 2.45) is 0 Å². The fourth-order valence-electron chi connectivity index (χ4n) is 4.19. The van der Waals surface area contributed by atoms with Crippen LogP contribution >= 0.6 is 0 Å². The fourth-order valence-corrected chi connectivity index (χ4v) is 4.19. The van der Waals surface area contributed by atoms with Crippen LogP contribution in [-0.2, 0) is 12.8 Å². The lowest BCUT2D eigenvalue weighted by molar-refractivity contribution is -0.137. The Morgan fingerprint density at radius 1 is 0.944 bits per heavy atom. The molecule has 7 nitrogen and oxygen atoms in total. The van der Waals surface area contributed by atoms with Gasteiger partial charge >= 0.3 is 11.9 Å². The molecule has 0 spiro atoms. The topological polar surface area (TPSA) is 69.4 Å². The van der Waals surface area contributed by atoms with Crippen molar-refractivity contribution in [3.05, 3.63) is 98.4 Å². The molecule has 4 aromatic rings. The van der Waals surface area contributed by atoms with E-state index in [9.17, 15) is 22.8 Å². The lowest BCUT2D eigenvalue weighted by Crippen LogP contribution is -2.43. The summed E-state index contributed by atoms with van der Waals surface area (Å²) in [5, 5.41) is -0.247. The van der Waals surface area contributed by atoms with Gasteiger partial charge in [0.05, 0.1) is 16.6 Å². The highest BCUT2D eigenvalue weighted by atomic mass is 19.4. The predicted octanol–water partition coefficient (Wildman–Crippen LogP) is 3.93. The molecule has 0 bridgehead atoms. The Labute approximate surface area is 201 Å². The minimum Gasteiger partial charge on any atom is -0.401 e. The van der Waals surface area contributed by atoms with Crippen LogP contribution in [0.25, 0.3) is 16.7 Å². The van der Waals surface area contributed by atoms with E-state index in [1.807, 2.05) is 0 Å². The second-order valence-corrected chi connectivity index (χ2v) is 8.38.